The molecule has 0 spiro atoms. The summed E-state index contributed by atoms with van der Waals surface area (Å²) in [4.78, 5) is 16.3. The van der Waals surface area contributed by atoms with Crippen molar-refractivity contribution in [1.29, 1.82) is 0 Å². The van der Waals surface area contributed by atoms with E-state index in [4.69, 9.17) is 14.2 Å². The molecule has 3 saturated heterocycles. The predicted octanol–water partition coefficient (Wildman–Crippen LogP) is 0.764. The summed E-state index contributed by atoms with van der Waals surface area (Å²) in [5, 5.41) is 0. The molecule has 6 nitrogen and oxygen atoms in total. The molecule has 3 fully saturated rings. The maximum Gasteiger partial charge on any atom is 0.254 e. The van der Waals surface area contributed by atoms with E-state index in [1.807, 2.05) is 29.2 Å². The van der Waals surface area contributed by atoms with Gasteiger partial charge in [0.2, 0.25) is 0 Å². The third-order valence-electron chi connectivity index (χ3n) is 5.86. The van der Waals surface area contributed by atoms with E-state index in [9.17, 15) is 4.79 Å². The zero-order valence-electron chi connectivity index (χ0n) is 16.0. The van der Waals surface area contributed by atoms with Crippen molar-refractivity contribution in [3.8, 4) is 5.75 Å². The Balaban J connectivity index is 1.23. The van der Waals surface area contributed by atoms with E-state index < -0.39 is 0 Å². The summed E-state index contributed by atoms with van der Waals surface area (Å²) in [5.41, 5.74) is 0.738. The average molecular weight is 375 g/mol. The molecular formula is C21H31N2O4+. The first-order valence-electron chi connectivity index (χ1n) is 10.4. The summed E-state index contributed by atoms with van der Waals surface area (Å²) in [6.07, 6.45) is 5.19. The Morgan fingerprint density at radius 3 is 2.33 bits per heavy atom. The molecule has 3 aliphatic rings. The number of nitrogens with zero attached hydrogens (tertiary/aromatic N) is 1. The van der Waals surface area contributed by atoms with Crippen LogP contribution in [0.2, 0.25) is 0 Å². The van der Waals surface area contributed by atoms with Gasteiger partial charge in [0.15, 0.2) is 0 Å². The van der Waals surface area contributed by atoms with Gasteiger partial charge in [0.25, 0.3) is 5.91 Å². The number of carbonyl (C=O) groups excluding carboxylic acids is 1. The summed E-state index contributed by atoms with van der Waals surface area (Å²) >= 11 is 0. The van der Waals surface area contributed by atoms with Gasteiger partial charge in [0, 0.05) is 18.8 Å². The number of benzene rings is 1. The van der Waals surface area contributed by atoms with Crippen molar-refractivity contribution in [3.05, 3.63) is 29.8 Å². The summed E-state index contributed by atoms with van der Waals surface area (Å²) in [5.74, 6) is 0.921. The van der Waals surface area contributed by atoms with Crippen LogP contribution >= 0.6 is 0 Å². The van der Waals surface area contributed by atoms with Gasteiger partial charge in [-0.25, -0.2) is 0 Å². The fourth-order valence-electron chi connectivity index (χ4n) is 4.20. The molecule has 1 amide bonds. The van der Waals surface area contributed by atoms with Crippen molar-refractivity contribution in [1.82, 2.24) is 4.90 Å². The number of hydrogen-bond acceptors (Lipinski definition) is 4. The predicted molar refractivity (Wildman–Crippen MR) is 101 cm³/mol. The number of hydrogen-bond donors (Lipinski definition) is 1. The van der Waals surface area contributed by atoms with Gasteiger partial charge < -0.3 is 24.0 Å². The lowest BCUT2D eigenvalue weighted by molar-refractivity contribution is -0.906. The molecule has 148 valence electrons. The van der Waals surface area contributed by atoms with Crippen LogP contribution in [0.4, 0.5) is 0 Å². The van der Waals surface area contributed by atoms with E-state index in [-0.39, 0.29) is 12.0 Å². The summed E-state index contributed by atoms with van der Waals surface area (Å²) in [6.45, 7) is 7.07. The van der Waals surface area contributed by atoms with Crippen molar-refractivity contribution in [2.24, 2.45) is 0 Å². The Morgan fingerprint density at radius 2 is 1.70 bits per heavy atom. The van der Waals surface area contributed by atoms with E-state index in [1.165, 1.54) is 12.8 Å². The quantitative estimate of drug-likeness (QED) is 0.798. The smallest absolute Gasteiger partial charge is 0.254 e. The zero-order chi connectivity index (χ0) is 18.5. The maximum atomic E-state index is 12.8. The molecule has 1 N–H and O–H groups in total. The topological polar surface area (TPSA) is 52.4 Å². The summed E-state index contributed by atoms with van der Waals surface area (Å²) in [6, 6.07) is 7.53. The number of carbonyl (C=O) groups is 1. The Kier molecular flexibility index (Phi) is 6.27. The van der Waals surface area contributed by atoms with Crippen LogP contribution in [0.1, 0.15) is 36.0 Å². The van der Waals surface area contributed by atoms with Crippen molar-refractivity contribution in [2.45, 2.75) is 37.9 Å². The van der Waals surface area contributed by atoms with E-state index in [2.05, 4.69) is 0 Å². The summed E-state index contributed by atoms with van der Waals surface area (Å²) < 4.78 is 17.1. The standard InChI is InChI=1S/C21H30N2O4/c24-21(23-11-9-22(10-12-23)15-19-3-1-13-25-19)17-5-7-18(8-6-17)27-16-20-4-2-14-26-20/h5-8,19-20H,1-4,9-16H2/p+1/t19-,20+/m1/s1. The first kappa shape index (κ1) is 18.7. The highest BCUT2D eigenvalue weighted by Gasteiger charge is 2.28. The Bertz CT molecular complexity index is 601. The lowest BCUT2D eigenvalue weighted by Crippen LogP contribution is -3.15. The molecule has 0 aliphatic carbocycles. The average Bonchev–Trinajstić information content (AvgIpc) is 3.41. The second-order valence-electron chi connectivity index (χ2n) is 7.85. The van der Waals surface area contributed by atoms with Crippen LogP contribution in [0.3, 0.4) is 0 Å². The highest BCUT2D eigenvalue weighted by molar-refractivity contribution is 5.94. The van der Waals surface area contributed by atoms with Gasteiger partial charge in [0.05, 0.1) is 32.3 Å². The van der Waals surface area contributed by atoms with Gasteiger partial charge in [-0.15, -0.1) is 0 Å². The van der Waals surface area contributed by atoms with Crippen LogP contribution in [-0.2, 0) is 9.47 Å². The fraction of sp³-hybridized carbons (Fsp3) is 0.667. The van der Waals surface area contributed by atoms with Gasteiger partial charge in [-0.1, -0.05) is 0 Å². The Hall–Kier alpha value is -1.63. The molecule has 1 aromatic rings. The first-order chi connectivity index (χ1) is 13.3. The van der Waals surface area contributed by atoms with Crippen LogP contribution in [0.25, 0.3) is 0 Å². The normalized spacial score (nSPS) is 26.4. The van der Waals surface area contributed by atoms with Gasteiger partial charge >= 0.3 is 0 Å². The SMILES string of the molecule is O=C(c1ccc(OC[C@@H]2CCCO2)cc1)N1CC[NH+](C[C@H]2CCCO2)CC1. The van der Waals surface area contributed by atoms with Crippen molar-refractivity contribution >= 4 is 5.91 Å². The fourth-order valence-corrected chi connectivity index (χ4v) is 4.20. The van der Waals surface area contributed by atoms with Crippen LogP contribution in [0.5, 0.6) is 5.75 Å². The molecular weight excluding hydrogens is 344 g/mol. The van der Waals surface area contributed by atoms with Gasteiger partial charge in [-0.2, -0.15) is 0 Å². The molecule has 27 heavy (non-hydrogen) atoms. The second-order valence-corrected chi connectivity index (χ2v) is 7.85. The molecule has 0 unspecified atom stereocenters. The minimum absolute atomic E-state index is 0.122. The number of ether oxygens (including phenoxy) is 3. The van der Waals surface area contributed by atoms with Crippen molar-refractivity contribution in [2.75, 3.05) is 52.5 Å². The Labute approximate surface area is 161 Å². The largest absolute Gasteiger partial charge is 0.491 e. The molecule has 1 aromatic carbocycles. The molecule has 2 atom stereocenters. The van der Waals surface area contributed by atoms with Crippen LogP contribution < -0.4 is 9.64 Å². The summed E-state index contributed by atoms with van der Waals surface area (Å²) in [7, 11) is 0. The second kappa shape index (κ2) is 9.04. The van der Waals surface area contributed by atoms with Gasteiger partial charge in [-0.3, -0.25) is 4.79 Å². The molecule has 3 heterocycles. The third kappa shape index (κ3) is 5.00. The number of quaternary nitrogens is 1. The van der Waals surface area contributed by atoms with Gasteiger partial charge in [-0.05, 0) is 49.9 Å². The van der Waals surface area contributed by atoms with E-state index >= 15 is 0 Å². The Morgan fingerprint density at radius 1 is 1.04 bits per heavy atom. The lowest BCUT2D eigenvalue weighted by atomic mass is 10.1. The maximum absolute atomic E-state index is 12.8. The van der Waals surface area contributed by atoms with Crippen LogP contribution in [0, 0.1) is 0 Å². The van der Waals surface area contributed by atoms with E-state index in [1.54, 1.807) is 4.90 Å². The molecule has 0 aromatic heterocycles. The molecule has 3 aliphatic heterocycles. The van der Waals surface area contributed by atoms with Crippen molar-refractivity contribution in [3.63, 3.8) is 0 Å². The highest BCUT2D eigenvalue weighted by atomic mass is 16.5. The molecule has 0 radical (unpaired) electrons. The minimum atomic E-state index is 0.122. The third-order valence-corrected chi connectivity index (χ3v) is 5.86. The minimum Gasteiger partial charge on any atom is -0.491 e. The lowest BCUT2D eigenvalue weighted by Gasteiger charge is -2.33. The van der Waals surface area contributed by atoms with Gasteiger partial charge in [0.1, 0.15) is 25.0 Å². The monoisotopic (exact) mass is 375 g/mol. The van der Waals surface area contributed by atoms with E-state index in [0.29, 0.717) is 12.7 Å². The first-order valence-corrected chi connectivity index (χ1v) is 10.4. The van der Waals surface area contributed by atoms with E-state index in [0.717, 1.165) is 70.1 Å². The molecule has 6 heteroatoms. The van der Waals surface area contributed by atoms with Crippen LogP contribution in [0.15, 0.2) is 24.3 Å². The number of nitrogens with one attached hydrogen (secondary N) is 1. The van der Waals surface area contributed by atoms with Crippen molar-refractivity contribution < 1.29 is 23.9 Å². The number of amides is 1. The number of piperazine rings is 1. The zero-order valence-corrected chi connectivity index (χ0v) is 16.0. The highest BCUT2D eigenvalue weighted by Crippen LogP contribution is 2.17. The molecule has 4 rings (SSSR count). The van der Waals surface area contributed by atoms with Crippen LogP contribution in [-0.4, -0.2) is 75.6 Å². The number of rotatable bonds is 6. The molecule has 0 saturated carbocycles. The molecule has 0 bridgehead atoms.